The third-order valence-electron chi connectivity index (χ3n) is 13.7. The van der Waals surface area contributed by atoms with Crippen LogP contribution in [0.25, 0.3) is 0 Å². The van der Waals surface area contributed by atoms with E-state index >= 15 is 0 Å². The Bertz CT molecular complexity index is 2680. The Morgan fingerprint density at radius 1 is 0.716 bits per heavy atom. The van der Waals surface area contributed by atoms with Crippen molar-refractivity contribution in [3.8, 4) is 0 Å². The van der Waals surface area contributed by atoms with Gasteiger partial charge < -0.3 is 85.3 Å². The maximum Gasteiger partial charge on any atom is 0.326 e. The maximum absolute atomic E-state index is 14.5. The summed E-state index contributed by atoms with van der Waals surface area (Å²) in [6, 6.07) is 10.3. The summed E-state index contributed by atoms with van der Waals surface area (Å²) in [6.45, 7) is -1.26. The number of carboxylic acids is 1. The van der Waals surface area contributed by atoms with Gasteiger partial charge in [-0.25, -0.2) is 4.79 Å². The van der Waals surface area contributed by atoms with Crippen LogP contribution in [-0.4, -0.2) is 196 Å². The van der Waals surface area contributed by atoms with E-state index in [1.54, 1.807) is 78.2 Å². The van der Waals surface area contributed by atoms with Gasteiger partial charge in [0.25, 0.3) is 0 Å². The number of thiophene rings is 1. The monoisotopic (exact) mass is 1150 g/mol. The highest BCUT2D eigenvalue weighted by atomic mass is 32.1. The first-order valence-corrected chi connectivity index (χ1v) is 27.4. The Morgan fingerprint density at radius 3 is 1.88 bits per heavy atom. The second-order valence-electron chi connectivity index (χ2n) is 19.8. The summed E-state index contributed by atoms with van der Waals surface area (Å²) in [5.74, 6) is -7.79. The SMILES string of the molecule is CN(C(=O)[C@H](CO)NC(=O)[C@H](Cc1cccs1)NC(=O)CNC(=O)[C@@H]1CC(O)CN1C(=O)[C@@H]1CCCN1C(=O)[C@@H](N)CCCN=C(N)N)[C@H](Cc1ccccc1)C(=O)N[C@@H](Cc1ccccc1)C(=O)N[C@@H](CCCN=C(N)N)C(=O)O. The number of likely N-dealkylation sites (tertiary alicyclic amines) is 2. The van der Waals surface area contributed by atoms with Crippen LogP contribution in [0, 0.1) is 0 Å². The molecule has 2 aliphatic rings. The standard InChI is InChI=1S/C53H75N15O12S/c1-66(41(25-32-14-6-3-7-15-32)47(75)64-37(24-31-12-4-2-5-13-31)44(72)63-36(51(79)80)18-9-21-60-53(57)58)49(77)39(30-69)65-45(73)38(27-34-16-11-23-81-34)62-43(71)28-61-46(74)42-26-33(70)29-68(42)50(78)40-19-10-22-67(40)48(76)35(54)17-8-20-59-52(55)56/h2-7,11-16,23,33,35-42,69-70H,8-10,17-22,24-30,54H2,1H3,(H,61,74)(H,62,71)(H,63,72)(H,64,75)(H,65,73)(H,79,80)(H4,55,56,59)(H4,57,58,60)/t33?,35-,36-,37-,38-,39-,40-,41+,42-/m0/s1. The molecule has 2 fully saturated rings. The largest absolute Gasteiger partial charge is 0.480 e. The van der Waals surface area contributed by atoms with Crippen molar-refractivity contribution >= 4 is 76.5 Å². The molecule has 0 spiro atoms. The number of guanidine groups is 2. The Hall–Kier alpha value is -8.21. The van der Waals surface area contributed by atoms with E-state index in [1.165, 1.54) is 28.2 Å². The smallest absolute Gasteiger partial charge is 0.326 e. The molecule has 3 heterocycles. The zero-order chi connectivity index (χ0) is 59.2. The van der Waals surface area contributed by atoms with Crippen molar-refractivity contribution in [2.75, 3.05) is 46.4 Å². The molecule has 9 atom stereocenters. The average Bonchev–Trinajstić information content (AvgIpc) is 4.30. The van der Waals surface area contributed by atoms with Gasteiger partial charge in [-0.1, -0.05) is 66.7 Å². The number of carbonyl (C=O) groups excluding carboxylic acids is 8. The van der Waals surface area contributed by atoms with Crippen LogP contribution in [0.4, 0.5) is 0 Å². The van der Waals surface area contributed by atoms with Crippen molar-refractivity contribution in [1.29, 1.82) is 0 Å². The third-order valence-corrected chi connectivity index (χ3v) is 14.6. The predicted molar refractivity (Wildman–Crippen MR) is 299 cm³/mol. The second kappa shape index (κ2) is 31.5. The topological polar surface area (TPSA) is 439 Å². The molecule has 0 saturated carbocycles. The number of likely N-dealkylation sites (N-methyl/N-ethyl adjacent to an activating group) is 1. The van der Waals surface area contributed by atoms with Gasteiger partial charge >= 0.3 is 5.97 Å². The lowest BCUT2D eigenvalue weighted by molar-refractivity contribution is -0.147. The number of β-amino-alcohol motifs (C(OH)–C–C–N with tert-alkyl or cyclic N) is 1. The van der Waals surface area contributed by atoms with Crippen molar-refractivity contribution in [3.05, 3.63) is 94.2 Å². The summed E-state index contributed by atoms with van der Waals surface area (Å²) < 4.78 is 0. The number of nitrogens with two attached hydrogens (primary N) is 5. The highest BCUT2D eigenvalue weighted by Crippen LogP contribution is 2.26. The van der Waals surface area contributed by atoms with Gasteiger partial charge in [-0.15, -0.1) is 11.3 Å². The number of hydrogen-bond acceptors (Lipinski definition) is 15. The second-order valence-corrected chi connectivity index (χ2v) is 20.8. The lowest BCUT2D eigenvalue weighted by atomic mass is 10.0. The number of carbonyl (C=O) groups is 9. The number of aliphatic imine (C=N–C) groups is 2. The molecule has 1 aromatic heterocycles. The summed E-state index contributed by atoms with van der Waals surface area (Å²) in [5, 5.41) is 45.8. The van der Waals surface area contributed by atoms with Crippen molar-refractivity contribution < 1.29 is 58.5 Å². The summed E-state index contributed by atoms with van der Waals surface area (Å²) in [6.07, 6.45) is 0.0546. The van der Waals surface area contributed by atoms with Crippen LogP contribution in [0.5, 0.6) is 0 Å². The Labute approximate surface area is 472 Å². The number of carboxylic acid groups (broad SMARTS) is 1. The van der Waals surface area contributed by atoms with Crippen molar-refractivity contribution in [1.82, 2.24) is 41.3 Å². The van der Waals surface area contributed by atoms with E-state index in [0.717, 1.165) is 4.90 Å². The van der Waals surface area contributed by atoms with E-state index in [9.17, 15) is 58.5 Å². The lowest BCUT2D eigenvalue weighted by Gasteiger charge is -2.32. The van der Waals surface area contributed by atoms with Gasteiger partial charge in [-0.2, -0.15) is 0 Å². The molecule has 0 bridgehead atoms. The third kappa shape index (κ3) is 19.5. The fourth-order valence-corrected chi connectivity index (χ4v) is 10.2. The van der Waals surface area contributed by atoms with Crippen LogP contribution in [0.3, 0.4) is 0 Å². The number of aliphatic hydroxyl groups excluding tert-OH is 2. The van der Waals surface area contributed by atoms with E-state index in [2.05, 4.69) is 36.6 Å². The molecular formula is C53H75N15O12S. The number of benzene rings is 2. The number of amides is 8. The van der Waals surface area contributed by atoms with E-state index in [0.29, 0.717) is 35.3 Å². The van der Waals surface area contributed by atoms with Crippen LogP contribution < -0.4 is 55.3 Å². The first-order chi connectivity index (χ1) is 38.7. The zero-order valence-electron chi connectivity index (χ0n) is 45.1. The summed E-state index contributed by atoms with van der Waals surface area (Å²) in [5.41, 5.74) is 28.9. The molecule has 8 amide bonds. The van der Waals surface area contributed by atoms with E-state index in [1.807, 2.05) is 0 Å². The molecule has 2 saturated heterocycles. The van der Waals surface area contributed by atoms with Crippen LogP contribution in [0.15, 0.2) is 88.2 Å². The molecule has 440 valence electrons. The summed E-state index contributed by atoms with van der Waals surface area (Å²) in [7, 11) is 1.28. The maximum atomic E-state index is 14.5. The highest BCUT2D eigenvalue weighted by Gasteiger charge is 2.45. The predicted octanol–water partition coefficient (Wildman–Crippen LogP) is -3.88. The molecule has 27 nitrogen and oxygen atoms in total. The Morgan fingerprint density at radius 2 is 1.30 bits per heavy atom. The normalized spacial score (nSPS) is 17.9. The molecule has 18 N–H and O–H groups in total. The average molecular weight is 1150 g/mol. The van der Waals surface area contributed by atoms with Gasteiger partial charge in [0, 0.05) is 63.8 Å². The first kappa shape index (κ1) is 63.6. The highest BCUT2D eigenvalue weighted by molar-refractivity contribution is 7.09. The molecule has 1 unspecified atom stereocenters. The molecule has 81 heavy (non-hydrogen) atoms. The Kier molecular flexibility index (Phi) is 24.8. The summed E-state index contributed by atoms with van der Waals surface area (Å²) in [4.78, 5) is 136. The van der Waals surface area contributed by atoms with Crippen molar-refractivity contribution in [3.63, 3.8) is 0 Å². The Balaban J connectivity index is 1.27. The quantitative estimate of drug-likeness (QED) is 0.0173. The van der Waals surface area contributed by atoms with Gasteiger partial charge in [-0.3, -0.25) is 48.3 Å². The van der Waals surface area contributed by atoms with E-state index in [-0.39, 0.29) is 83.0 Å². The van der Waals surface area contributed by atoms with Gasteiger partial charge in [0.05, 0.1) is 25.3 Å². The minimum atomic E-state index is -1.69. The number of rotatable bonds is 30. The van der Waals surface area contributed by atoms with Crippen LogP contribution in [0.2, 0.25) is 0 Å². The lowest BCUT2D eigenvalue weighted by Crippen LogP contribution is -2.61. The minimum absolute atomic E-state index is 0.0520. The van der Waals surface area contributed by atoms with Gasteiger partial charge in [0.15, 0.2) is 11.9 Å². The van der Waals surface area contributed by atoms with E-state index < -0.39 is 121 Å². The van der Waals surface area contributed by atoms with Crippen LogP contribution in [0.1, 0.15) is 60.9 Å². The fourth-order valence-electron chi connectivity index (χ4n) is 9.47. The van der Waals surface area contributed by atoms with Crippen LogP contribution in [-0.2, 0) is 62.4 Å². The molecule has 2 aromatic carbocycles. The number of aliphatic carboxylic acids is 1. The fraction of sp³-hybridized carbons (Fsp3) is 0.491. The van der Waals surface area contributed by atoms with Gasteiger partial charge in [0.1, 0.15) is 42.3 Å². The molecule has 0 radical (unpaired) electrons. The number of nitrogens with zero attached hydrogens (tertiary/aromatic N) is 5. The number of nitrogens with one attached hydrogen (secondary N) is 5. The molecule has 0 aliphatic carbocycles. The molecule has 2 aliphatic heterocycles. The zero-order valence-corrected chi connectivity index (χ0v) is 45.9. The van der Waals surface area contributed by atoms with Crippen molar-refractivity contribution in [2.24, 2.45) is 38.7 Å². The van der Waals surface area contributed by atoms with Crippen LogP contribution >= 0.6 is 11.3 Å². The number of hydrogen-bond donors (Lipinski definition) is 13. The molecular weight excluding hydrogens is 1070 g/mol. The van der Waals surface area contributed by atoms with Gasteiger partial charge in [-0.05, 0) is 61.1 Å². The summed E-state index contributed by atoms with van der Waals surface area (Å²) >= 11 is 1.27. The van der Waals surface area contributed by atoms with Crippen molar-refractivity contribution in [2.45, 2.75) is 119 Å². The van der Waals surface area contributed by atoms with Gasteiger partial charge in [0.2, 0.25) is 47.3 Å². The molecule has 28 heteroatoms. The van der Waals surface area contributed by atoms with E-state index in [4.69, 9.17) is 28.7 Å². The first-order valence-electron chi connectivity index (χ1n) is 26.5. The number of aliphatic hydroxyl groups is 2. The minimum Gasteiger partial charge on any atom is -0.480 e. The molecule has 3 aromatic rings. The molecule has 5 rings (SSSR count).